The highest BCUT2D eigenvalue weighted by atomic mass is 35.5. The molecular weight excluding hydrogens is 212 g/mol. The van der Waals surface area contributed by atoms with E-state index in [-0.39, 0.29) is 0 Å². The Morgan fingerprint density at radius 1 is 1.67 bits per heavy atom. The topological polar surface area (TPSA) is 25.4 Å². The van der Waals surface area contributed by atoms with E-state index < -0.39 is 0 Å². The Kier molecular flexibility index (Phi) is 3.44. The van der Waals surface area contributed by atoms with Gasteiger partial charge in [0.25, 0.3) is 0 Å². The lowest BCUT2D eigenvalue weighted by atomic mass is 10.1. The number of halogens is 1. The van der Waals surface area contributed by atoms with Crippen LogP contribution in [0.2, 0.25) is 5.02 Å². The first-order valence-corrected chi connectivity index (χ1v) is 5.53. The van der Waals surface area contributed by atoms with E-state index in [1.165, 1.54) is 0 Å². The highest BCUT2D eigenvalue weighted by Gasteiger charge is 2.18. The van der Waals surface area contributed by atoms with E-state index in [9.17, 15) is 0 Å². The van der Waals surface area contributed by atoms with Crippen LogP contribution in [0.5, 0.6) is 0 Å². The van der Waals surface area contributed by atoms with Gasteiger partial charge in [0.1, 0.15) is 0 Å². The first-order valence-electron chi connectivity index (χ1n) is 5.16. The van der Waals surface area contributed by atoms with Crippen LogP contribution in [0.25, 0.3) is 0 Å². The van der Waals surface area contributed by atoms with Crippen LogP contribution in [-0.4, -0.2) is 31.8 Å². The summed E-state index contributed by atoms with van der Waals surface area (Å²) in [5.41, 5.74) is 1.04. The van der Waals surface area contributed by atoms with Crippen LogP contribution in [0.1, 0.15) is 6.42 Å². The van der Waals surface area contributed by atoms with E-state index in [1.54, 1.807) is 12.4 Å². The van der Waals surface area contributed by atoms with Gasteiger partial charge in [0.15, 0.2) is 0 Å². The minimum Gasteiger partial charge on any atom is -0.381 e. The molecule has 0 unspecified atom stereocenters. The summed E-state index contributed by atoms with van der Waals surface area (Å²) in [7, 11) is 2.06. The van der Waals surface area contributed by atoms with Gasteiger partial charge < -0.3 is 9.64 Å². The maximum Gasteiger partial charge on any atom is 0.0822 e. The van der Waals surface area contributed by atoms with Crippen molar-refractivity contribution in [1.82, 2.24) is 4.98 Å². The largest absolute Gasteiger partial charge is 0.381 e. The van der Waals surface area contributed by atoms with E-state index >= 15 is 0 Å². The van der Waals surface area contributed by atoms with Crippen molar-refractivity contribution in [3.63, 3.8) is 0 Å². The fourth-order valence-corrected chi connectivity index (χ4v) is 2.15. The van der Waals surface area contributed by atoms with Gasteiger partial charge in [-0.1, -0.05) is 11.6 Å². The van der Waals surface area contributed by atoms with Gasteiger partial charge in [0.05, 0.1) is 17.3 Å². The van der Waals surface area contributed by atoms with E-state index in [0.29, 0.717) is 10.9 Å². The minimum absolute atomic E-state index is 0.624. The second kappa shape index (κ2) is 4.81. The molecule has 15 heavy (non-hydrogen) atoms. The van der Waals surface area contributed by atoms with E-state index in [2.05, 4.69) is 16.9 Å². The number of hydrogen-bond donors (Lipinski definition) is 0. The molecule has 0 aliphatic carbocycles. The van der Waals surface area contributed by atoms with E-state index in [1.807, 2.05) is 6.07 Å². The van der Waals surface area contributed by atoms with Gasteiger partial charge in [-0.2, -0.15) is 0 Å². The lowest BCUT2D eigenvalue weighted by molar-refractivity contribution is 0.186. The van der Waals surface area contributed by atoms with Gasteiger partial charge in [-0.15, -0.1) is 0 Å². The zero-order valence-corrected chi connectivity index (χ0v) is 9.57. The monoisotopic (exact) mass is 226 g/mol. The van der Waals surface area contributed by atoms with Gasteiger partial charge >= 0.3 is 0 Å². The summed E-state index contributed by atoms with van der Waals surface area (Å²) in [6, 6.07) is 1.94. The number of aromatic nitrogens is 1. The second-order valence-electron chi connectivity index (χ2n) is 3.94. The van der Waals surface area contributed by atoms with Crippen LogP contribution in [0.15, 0.2) is 18.5 Å². The lowest BCUT2D eigenvalue weighted by Gasteiger charge is -2.23. The first kappa shape index (κ1) is 10.7. The Labute approximate surface area is 95.0 Å². The summed E-state index contributed by atoms with van der Waals surface area (Å²) in [6.07, 6.45) is 4.59. The number of hydrogen-bond acceptors (Lipinski definition) is 3. The summed E-state index contributed by atoms with van der Waals surface area (Å²) < 4.78 is 5.35. The maximum absolute atomic E-state index is 6.07. The summed E-state index contributed by atoms with van der Waals surface area (Å²) in [5.74, 6) is 0.624. The van der Waals surface area contributed by atoms with Gasteiger partial charge in [0.2, 0.25) is 0 Å². The Morgan fingerprint density at radius 2 is 2.53 bits per heavy atom. The molecule has 2 heterocycles. The molecule has 0 bridgehead atoms. The smallest absolute Gasteiger partial charge is 0.0822 e. The molecule has 82 valence electrons. The van der Waals surface area contributed by atoms with Crippen molar-refractivity contribution in [2.45, 2.75) is 6.42 Å². The number of ether oxygens (including phenoxy) is 1. The van der Waals surface area contributed by atoms with Crippen molar-refractivity contribution >= 4 is 17.3 Å². The van der Waals surface area contributed by atoms with Crippen molar-refractivity contribution < 1.29 is 4.74 Å². The molecule has 4 heteroatoms. The first-order chi connectivity index (χ1) is 7.27. The molecule has 0 amide bonds. The Hall–Kier alpha value is -0.800. The Balaban J connectivity index is 2.00. The number of pyridine rings is 1. The third kappa shape index (κ3) is 2.61. The molecule has 1 aromatic rings. The van der Waals surface area contributed by atoms with Crippen LogP contribution in [0.3, 0.4) is 0 Å². The van der Waals surface area contributed by atoms with E-state index in [0.717, 1.165) is 31.9 Å². The molecule has 1 fully saturated rings. The standard InChI is InChI=1S/C11H15ClN2O/c1-14(7-9-3-5-15-8-9)11-2-4-13-6-10(11)12/h2,4,6,9H,3,5,7-8H2,1H3/t9-/m1/s1. The average molecular weight is 227 g/mol. The zero-order valence-electron chi connectivity index (χ0n) is 8.82. The second-order valence-corrected chi connectivity index (χ2v) is 4.34. The summed E-state index contributed by atoms with van der Waals surface area (Å²) >= 11 is 6.07. The number of anilines is 1. The molecular formula is C11H15ClN2O. The summed E-state index contributed by atoms with van der Waals surface area (Å²) in [5, 5.41) is 0.707. The van der Waals surface area contributed by atoms with Gasteiger partial charge in [0, 0.05) is 38.5 Å². The molecule has 1 aliphatic rings. The normalized spacial score (nSPS) is 20.5. The molecule has 1 atom stereocenters. The molecule has 1 aromatic heterocycles. The number of nitrogens with zero attached hydrogens (tertiary/aromatic N) is 2. The molecule has 0 aromatic carbocycles. The predicted molar refractivity (Wildman–Crippen MR) is 61.4 cm³/mol. The van der Waals surface area contributed by atoms with Crippen LogP contribution in [-0.2, 0) is 4.74 Å². The third-order valence-electron chi connectivity index (χ3n) is 2.72. The van der Waals surface area contributed by atoms with Crippen LogP contribution < -0.4 is 4.90 Å². The van der Waals surface area contributed by atoms with Crippen molar-refractivity contribution in [2.75, 3.05) is 31.7 Å². The van der Waals surface area contributed by atoms with E-state index in [4.69, 9.17) is 16.3 Å². The van der Waals surface area contributed by atoms with Crippen molar-refractivity contribution in [3.8, 4) is 0 Å². The number of rotatable bonds is 3. The molecule has 0 N–H and O–H groups in total. The summed E-state index contributed by atoms with van der Waals surface area (Å²) in [4.78, 5) is 6.15. The van der Waals surface area contributed by atoms with Crippen molar-refractivity contribution in [3.05, 3.63) is 23.5 Å². The van der Waals surface area contributed by atoms with Crippen LogP contribution in [0, 0.1) is 5.92 Å². The average Bonchev–Trinajstić information content (AvgIpc) is 2.71. The van der Waals surface area contributed by atoms with Gasteiger partial charge in [-0.25, -0.2) is 0 Å². The fourth-order valence-electron chi connectivity index (χ4n) is 1.89. The van der Waals surface area contributed by atoms with Crippen LogP contribution in [0.4, 0.5) is 5.69 Å². The highest BCUT2D eigenvalue weighted by molar-refractivity contribution is 6.33. The molecule has 0 radical (unpaired) electrons. The Morgan fingerprint density at radius 3 is 3.20 bits per heavy atom. The lowest BCUT2D eigenvalue weighted by Crippen LogP contribution is -2.25. The summed E-state index contributed by atoms with van der Waals surface area (Å²) in [6.45, 7) is 2.75. The SMILES string of the molecule is CN(C[C@H]1CCOC1)c1ccncc1Cl. The molecule has 0 spiro atoms. The molecule has 3 nitrogen and oxygen atoms in total. The Bertz CT molecular complexity index is 326. The molecule has 0 saturated carbocycles. The maximum atomic E-state index is 6.07. The molecule has 1 aliphatic heterocycles. The molecule has 1 saturated heterocycles. The van der Waals surface area contributed by atoms with Crippen LogP contribution >= 0.6 is 11.6 Å². The van der Waals surface area contributed by atoms with Crippen molar-refractivity contribution in [2.24, 2.45) is 5.92 Å². The zero-order chi connectivity index (χ0) is 10.7. The predicted octanol–water partition coefficient (Wildman–Crippen LogP) is 2.21. The van der Waals surface area contributed by atoms with Gasteiger partial charge in [-0.05, 0) is 12.5 Å². The fraction of sp³-hybridized carbons (Fsp3) is 0.545. The minimum atomic E-state index is 0.624. The quantitative estimate of drug-likeness (QED) is 0.790. The molecule has 2 rings (SSSR count). The highest BCUT2D eigenvalue weighted by Crippen LogP contribution is 2.25. The third-order valence-corrected chi connectivity index (χ3v) is 3.01. The van der Waals surface area contributed by atoms with Gasteiger partial charge in [-0.3, -0.25) is 4.98 Å². The van der Waals surface area contributed by atoms with Crippen molar-refractivity contribution in [1.29, 1.82) is 0 Å².